The number of aromatic nitrogens is 3. The van der Waals surface area contributed by atoms with Crippen LogP contribution >= 0.6 is 23.4 Å². The molecule has 0 aliphatic rings. The Balaban J connectivity index is 1.93. The lowest BCUT2D eigenvalue weighted by atomic mass is 10.3. The van der Waals surface area contributed by atoms with Gasteiger partial charge < -0.3 is 0 Å². The minimum Gasteiger partial charge on any atom is -0.253 e. The van der Waals surface area contributed by atoms with Crippen molar-refractivity contribution < 1.29 is 0 Å². The van der Waals surface area contributed by atoms with Crippen molar-refractivity contribution in [1.82, 2.24) is 15.0 Å². The third kappa shape index (κ3) is 3.60. The van der Waals surface area contributed by atoms with Gasteiger partial charge in [-0.15, -0.1) is 0 Å². The van der Waals surface area contributed by atoms with Crippen LogP contribution in [0.15, 0.2) is 64.6 Å². The van der Waals surface area contributed by atoms with E-state index in [0.717, 1.165) is 26.3 Å². The normalized spacial score (nSPS) is 10.6. The van der Waals surface area contributed by atoms with Gasteiger partial charge in [-0.1, -0.05) is 29.4 Å². The maximum atomic E-state index is 5.90. The van der Waals surface area contributed by atoms with Crippen molar-refractivity contribution >= 4 is 23.4 Å². The molecule has 104 valence electrons. The summed E-state index contributed by atoms with van der Waals surface area (Å²) in [5, 5.41) is 1.62. The summed E-state index contributed by atoms with van der Waals surface area (Å²) in [6, 6.07) is 15.4. The van der Waals surface area contributed by atoms with E-state index in [1.165, 1.54) is 0 Å². The highest BCUT2D eigenvalue weighted by Gasteiger charge is 2.07. The molecule has 0 aliphatic heterocycles. The Labute approximate surface area is 132 Å². The van der Waals surface area contributed by atoms with Crippen molar-refractivity contribution in [2.24, 2.45) is 0 Å². The molecule has 2 heterocycles. The summed E-state index contributed by atoms with van der Waals surface area (Å²) in [7, 11) is 0. The van der Waals surface area contributed by atoms with Crippen molar-refractivity contribution in [1.29, 1.82) is 0 Å². The van der Waals surface area contributed by atoms with Crippen LogP contribution in [0, 0.1) is 6.92 Å². The van der Waals surface area contributed by atoms with Crippen LogP contribution in [0.1, 0.15) is 5.69 Å². The quantitative estimate of drug-likeness (QED) is 0.660. The molecular weight excluding hydrogens is 302 g/mol. The smallest absolute Gasteiger partial charge is 0.179 e. The molecule has 0 saturated heterocycles. The van der Waals surface area contributed by atoms with Crippen LogP contribution in [0.25, 0.3) is 11.5 Å². The topological polar surface area (TPSA) is 38.7 Å². The Hall–Kier alpha value is -1.91. The van der Waals surface area contributed by atoms with Crippen LogP contribution in [-0.2, 0) is 0 Å². The number of aryl methyl sites for hydroxylation is 1. The van der Waals surface area contributed by atoms with Gasteiger partial charge in [0.2, 0.25) is 0 Å². The van der Waals surface area contributed by atoms with Crippen molar-refractivity contribution in [2.45, 2.75) is 16.8 Å². The van der Waals surface area contributed by atoms with Gasteiger partial charge in [-0.3, -0.25) is 4.98 Å². The lowest BCUT2D eigenvalue weighted by molar-refractivity contribution is 1.00. The van der Waals surface area contributed by atoms with Gasteiger partial charge in [-0.05, 0) is 49.4 Å². The molecule has 0 radical (unpaired) electrons. The van der Waals surface area contributed by atoms with Gasteiger partial charge in [0, 0.05) is 21.8 Å². The molecule has 0 bridgehead atoms. The molecule has 0 N–H and O–H groups in total. The molecule has 3 nitrogen and oxygen atoms in total. The van der Waals surface area contributed by atoms with E-state index in [9.17, 15) is 0 Å². The lowest BCUT2D eigenvalue weighted by Crippen LogP contribution is -1.95. The molecule has 0 unspecified atom stereocenters. The van der Waals surface area contributed by atoms with E-state index in [0.29, 0.717) is 5.82 Å². The van der Waals surface area contributed by atoms with Crippen molar-refractivity contribution in [3.8, 4) is 11.5 Å². The van der Waals surface area contributed by atoms with Gasteiger partial charge in [0.25, 0.3) is 0 Å². The average Bonchev–Trinajstić information content (AvgIpc) is 2.50. The first-order valence-electron chi connectivity index (χ1n) is 6.41. The second kappa shape index (κ2) is 6.24. The Kier molecular flexibility index (Phi) is 4.18. The minimum atomic E-state index is 0.645. The zero-order valence-corrected chi connectivity index (χ0v) is 12.9. The van der Waals surface area contributed by atoms with Gasteiger partial charge in [0.1, 0.15) is 10.7 Å². The molecule has 0 fully saturated rings. The molecule has 3 aromatic rings. The zero-order valence-electron chi connectivity index (χ0n) is 11.3. The van der Waals surface area contributed by atoms with Gasteiger partial charge in [0.15, 0.2) is 5.82 Å². The maximum Gasteiger partial charge on any atom is 0.179 e. The summed E-state index contributed by atoms with van der Waals surface area (Å²) in [5.41, 5.74) is 1.70. The fraction of sp³-hybridized carbons (Fsp3) is 0.0625. The SMILES string of the molecule is Cc1cc(Sc2ccc(Cl)cc2)nc(-c2ccccn2)n1. The first kappa shape index (κ1) is 14.0. The van der Waals surface area contributed by atoms with Gasteiger partial charge in [-0.2, -0.15) is 0 Å². The van der Waals surface area contributed by atoms with Crippen LogP contribution in [0.5, 0.6) is 0 Å². The third-order valence-electron chi connectivity index (χ3n) is 2.76. The van der Waals surface area contributed by atoms with E-state index in [4.69, 9.17) is 11.6 Å². The molecule has 21 heavy (non-hydrogen) atoms. The number of nitrogens with zero attached hydrogens (tertiary/aromatic N) is 3. The van der Waals surface area contributed by atoms with Gasteiger partial charge >= 0.3 is 0 Å². The van der Waals surface area contributed by atoms with E-state index in [1.807, 2.05) is 55.5 Å². The second-order valence-electron chi connectivity index (χ2n) is 4.44. The standard InChI is InChI=1S/C16H12ClN3S/c1-11-10-15(21-13-7-5-12(17)6-8-13)20-16(19-11)14-4-2-3-9-18-14/h2-10H,1H3. The van der Waals surface area contributed by atoms with Crippen molar-refractivity contribution in [3.63, 3.8) is 0 Å². The highest BCUT2D eigenvalue weighted by molar-refractivity contribution is 7.99. The molecule has 0 atom stereocenters. The summed E-state index contributed by atoms with van der Waals surface area (Å²) in [4.78, 5) is 14.4. The fourth-order valence-corrected chi connectivity index (χ4v) is 2.83. The predicted octanol–water partition coefficient (Wildman–Crippen LogP) is 4.65. The Morgan fingerprint density at radius 2 is 1.81 bits per heavy atom. The summed E-state index contributed by atoms with van der Waals surface area (Å²) >= 11 is 7.48. The Bertz CT molecular complexity index is 745. The highest BCUT2D eigenvalue weighted by Crippen LogP contribution is 2.28. The van der Waals surface area contributed by atoms with Gasteiger partial charge in [0.05, 0.1) is 0 Å². The van der Waals surface area contributed by atoms with Crippen molar-refractivity contribution in [3.05, 3.63) is 65.4 Å². The lowest BCUT2D eigenvalue weighted by Gasteiger charge is -2.05. The largest absolute Gasteiger partial charge is 0.253 e. The number of rotatable bonds is 3. The molecule has 0 amide bonds. The summed E-state index contributed by atoms with van der Waals surface area (Å²) in [6.45, 7) is 1.96. The molecule has 3 rings (SSSR count). The summed E-state index contributed by atoms with van der Waals surface area (Å²) in [6.07, 6.45) is 1.74. The minimum absolute atomic E-state index is 0.645. The predicted molar refractivity (Wildman–Crippen MR) is 85.6 cm³/mol. The molecule has 0 aliphatic carbocycles. The van der Waals surface area contributed by atoms with Crippen molar-refractivity contribution in [2.75, 3.05) is 0 Å². The molecule has 2 aromatic heterocycles. The van der Waals surface area contributed by atoms with Crippen LogP contribution < -0.4 is 0 Å². The van der Waals surface area contributed by atoms with Crippen LogP contribution in [0.4, 0.5) is 0 Å². The van der Waals surface area contributed by atoms with Crippen LogP contribution in [0.2, 0.25) is 5.02 Å². The molecule has 5 heteroatoms. The maximum absolute atomic E-state index is 5.90. The Morgan fingerprint density at radius 3 is 2.52 bits per heavy atom. The average molecular weight is 314 g/mol. The second-order valence-corrected chi connectivity index (χ2v) is 5.97. The molecule has 0 spiro atoms. The van der Waals surface area contributed by atoms with E-state index in [1.54, 1.807) is 18.0 Å². The monoisotopic (exact) mass is 313 g/mol. The summed E-state index contributed by atoms with van der Waals surface area (Å²) < 4.78 is 0. The number of halogens is 1. The highest BCUT2D eigenvalue weighted by atomic mass is 35.5. The number of hydrogen-bond acceptors (Lipinski definition) is 4. The fourth-order valence-electron chi connectivity index (χ4n) is 1.82. The number of hydrogen-bond donors (Lipinski definition) is 0. The first-order valence-corrected chi connectivity index (χ1v) is 7.61. The van der Waals surface area contributed by atoms with Crippen LogP contribution in [0.3, 0.4) is 0 Å². The third-order valence-corrected chi connectivity index (χ3v) is 3.94. The summed E-state index contributed by atoms with van der Waals surface area (Å²) in [5.74, 6) is 0.645. The van der Waals surface area contributed by atoms with E-state index in [2.05, 4.69) is 15.0 Å². The number of pyridine rings is 1. The van der Waals surface area contributed by atoms with Crippen LogP contribution in [-0.4, -0.2) is 15.0 Å². The Morgan fingerprint density at radius 1 is 1.00 bits per heavy atom. The molecular formula is C16H12ClN3S. The van der Waals surface area contributed by atoms with E-state index < -0.39 is 0 Å². The number of benzene rings is 1. The molecule has 0 saturated carbocycles. The molecule has 1 aromatic carbocycles. The van der Waals surface area contributed by atoms with E-state index in [-0.39, 0.29) is 0 Å². The first-order chi connectivity index (χ1) is 10.2. The van der Waals surface area contributed by atoms with Gasteiger partial charge in [-0.25, -0.2) is 9.97 Å². The zero-order chi connectivity index (χ0) is 14.7. The van der Waals surface area contributed by atoms with E-state index >= 15 is 0 Å².